The number of aryl methyl sites for hydroxylation is 1. The largest absolute Gasteiger partial charge is 0.481 e. The number of anilines is 2. The van der Waals surface area contributed by atoms with Gasteiger partial charge in [-0.1, -0.05) is 6.07 Å². The summed E-state index contributed by atoms with van der Waals surface area (Å²) in [6, 6.07) is 5.75. The maximum Gasteiger partial charge on any atom is 0.202 e. The lowest BCUT2D eigenvalue weighted by atomic mass is 9.79. The smallest absolute Gasteiger partial charge is 0.202 e. The van der Waals surface area contributed by atoms with Crippen LogP contribution >= 0.6 is 0 Å². The predicted molar refractivity (Wildman–Crippen MR) is 121 cm³/mol. The van der Waals surface area contributed by atoms with E-state index in [0.29, 0.717) is 24.4 Å². The van der Waals surface area contributed by atoms with Gasteiger partial charge in [0.25, 0.3) is 0 Å². The lowest BCUT2D eigenvalue weighted by molar-refractivity contribution is -0.0277. The fourth-order valence-electron chi connectivity index (χ4n) is 4.67. The molecule has 1 aliphatic heterocycles. The molecule has 2 aliphatic rings. The van der Waals surface area contributed by atoms with Crippen LogP contribution in [0.1, 0.15) is 48.7 Å². The molecule has 1 saturated carbocycles. The van der Waals surface area contributed by atoms with Gasteiger partial charge in [0.1, 0.15) is 11.3 Å². The standard InChI is InChI=1S/C24H25FN4O3/c1-14(30)16-12-29-13-24(8-5-9-24)32-23-20(18(25)19(26)17(21(23)29)22(16)31)28-11-4-7-15-6-2-3-10-27-15/h2-3,6,10,12,28H,4-5,7-9,11,13,26H2,1H3. The first kappa shape index (κ1) is 20.5. The summed E-state index contributed by atoms with van der Waals surface area (Å²) in [6.07, 6.45) is 7.47. The van der Waals surface area contributed by atoms with Gasteiger partial charge in [-0.05, 0) is 51.2 Å². The number of halogens is 1. The van der Waals surface area contributed by atoms with E-state index >= 15 is 4.39 Å². The van der Waals surface area contributed by atoms with E-state index in [2.05, 4.69) is 10.3 Å². The Balaban J connectivity index is 1.57. The molecule has 1 fully saturated rings. The SMILES string of the molecule is CC(=O)c1cn2c3c(c(NCCCc4ccccn4)c(F)c(N)c3c1=O)OC1(CCC1)C2. The zero-order valence-electron chi connectivity index (χ0n) is 17.9. The van der Waals surface area contributed by atoms with Gasteiger partial charge in [0.2, 0.25) is 5.43 Å². The van der Waals surface area contributed by atoms with Gasteiger partial charge in [-0.25, -0.2) is 4.39 Å². The minimum atomic E-state index is -0.717. The fraction of sp³-hybridized carbons (Fsp3) is 0.375. The molecule has 1 aliphatic carbocycles. The molecule has 0 atom stereocenters. The van der Waals surface area contributed by atoms with Crippen LogP contribution in [0.2, 0.25) is 0 Å². The highest BCUT2D eigenvalue weighted by atomic mass is 19.1. The van der Waals surface area contributed by atoms with E-state index in [1.165, 1.54) is 6.92 Å². The molecular formula is C24H25FN4O3. The third-order valence-electron chi connectivity index (χ3n) is 6.51. The minimum Gasteiger partial charge on any atom is -0.481 e. The van der Waals surface area contributed by atoms with E-state index in [-0.39, 0.29) is 28.1 Å². The first-order valence-electron chi connectivity index (χ1n) is 10.9. The number of benzene rings is 1. The summed E-state index contributed by atoms with van der Waals surface area (Å²) in [4.78, 5) is 29.4. The number of hydrogen-bond donors (Lipinski definition) is 2. The van der Waals surface area contributed by atoms with Gasteiger partial charge >= 0.3 is 0 Å². The number of ketones is 1. The zero-order chi connectivity index (χ0) is 22.5. The van der Waals surface area contributed by atoms with Crippen molar-refractivity contribution in [2.45, 2.75) is 51.2 Å². The summed E-state index contributed by atoms with van der Waals surface area (Å²) in [5.74, 6) is -0.776. The molecule has 7 nitrogen and oxygen atoms in total. The molecule has 0 saturated heterocycles. The number of aromatic nitrogens is 2. The van der Waals surface area contributed by atoms with Crippen LogP contribution in [-0.2, 0) is 13.0 Å². The minimum absolute atomic E-state index is 0.0124. The molecule has 1 aromatic carbocycles. The zero-order valence-corrected chi connectivity index (χ0v) is 17.9. The van der Waals surface area contributed by atoms with Gasteiger partial charge in [0.15, 0.2) is 17.3 Å². The summed E-state index contributed by atoms with van der Waals surface area (Å²) in [5.41, 5.74) is 6.44. The number of nitrogens with two attached hydrogens (primary N) is 1. The van der Waals surface area contributed by atoms with E-state index in [0.717, 1.165) is 37.8 Å². The van der Waals surface area contributed by atoms with Gasteiger partial charge in [-0.15, -0.1) is 0 Å². The average Bonchev–Trinajstić information content (AvgIpc) is 2.76. The molecule has 5 rings (SSSR count). The molecule has 1 spiro atoms. The topological polar surface area (TPSA) is 99.2 Å². The molecule has 3 aromatic rings. The lowest BCUT2D eigenvalue weighted by Gasteiger charge is -2.46. The van der Waals surface area contributed by atoms with E-state index in [1.807, 2.05) is 22.8 Å². The first-order chi connectivity index (χ1) is 15.4. The van der Waals surface area contributed by atoms with Gasteiger partial charge < -0.3 is 20.4 Å². The number of carbonyl (C=O) groups is 1. The molecule has 8 heteroatoms. The Morgan fingerprint density at radius 2 is 2.19 bits per heavy atom. The Labute approximate surface area is 184 Å². The Morgan fingerprint density at radius 3 is 2.84 bits per heavy atom. The third-order valence-corrected chi connectivity index (χ3v) is 6.51. The number of ether oxygens (including phenoxy) is 1. The van der Waals surface area contributed by atoms with Crippen molar-refractivity contribution in [1.29, 1.82) is 0 Å². The molecule has 2 aromatic heterocycles. The number of hydrogen-bond acceptors (Lipinski definition) is 6. The Hall–Kier alpha value is -3.42. The summed E-state index contributed by atoms with van der Waals surface area (Å²) < 4.78 is 23.7. The molecule has 0 bridgehead atoms. The van der Waals surface area contributed by atoms with Crippen molar-refractivity contribution in [2.24, 2.45) is 0 Å². The highest BCUT2D eigenvalue weighted by Crippen LogP contribution is 2.49. The molecule has 0 amide bonds. The second-order valence-electron chi connectivity index (χ2n) is 8.70. The number of nitrogen functional groups attached to an aromatic ring is 1. The number of Topliss-reactive ketones (excluding diaryl/α,β-unsaturated/α-hetero) is 1. The van der Waals surface area contributed by atoms with E-state index in [4.69, 9.17) is 10.5 Å². The van der Waals surface area contributed by atoms with Gasteiger partial charge in [0.05, 0.1) is 28.7 Å². The predicted octanol–water partition coefficient (Wildman–Crippen LogP) is 3.68. The third kappa shape index (κ3) is 3.21. The van der Waals surface area contributed by atoms with Crippen molar-refractivity contribution in [1.82, 2.24) is 9.55 Å². The number of nitrogens with one attached hydrogen (secondary N) is 1. The highest BCUT2D eigenvalue weighted by molar-refractivity contribution is 6.04. The van der Waals surface area contributed by atoms with Crippen molar-refractivity contribution in [3.8, 4) is 5.75 Å². The molecule has 166 valence electrons. The van der Waals surface area contributed by atoms with E-state index in [1.54, 1.807) is 12.4 Å². The van der Waals surface area contributed by atoms with Crippen LogP contribution in [0.5, 0.6) is 5.75 Å². The van der Waals surface area contributed by atoms with E-state index in [9.17, 15) is 9.59 Å². The number of rotatable bonds is 6. The highest BCUT2D eigenvalue weighted by Gasteiger charge is 2.45. The summed E-state index contributed by atoms with van der Waals surface area (Å²) in [7, 11) is 0. The second-order valence-corrected chi connectivity index (χ2v) is 8.70. The maximum atomic E-state index is 15.5. The Bertz CT molecular complexity index is 1280. The van der Waals surface area contributed by atoms with Crippen molar-refractivity contribution in [3.05, 3.63) is 57.9 Å². The van der Waals surface area contributed by atoms with Gasteiger partial charge in [0, 0.05) is 24.6 Å². The van der Waals surface area contributed by atoms with Crippen LogP contribution in [0.25, 0.3) is 10.9 Å². The number of carbonyl (C=O) groups excluding carboxylic acids is 1. The quantitative estimate of drug-likeness (QED) is 0.347. The summed E-state index contributed by atoms with van der Waals surface area (Å²) in [6.45, 7) is 2.32. The molecular weight excluding hydrogens is 411 g/mol. The molecule has 32 heavy (non-hydrogen) atoms. The second kappa shape index (κ2) is 7.62. The molecule has 3 N–H and O–H groups in total. The normalized spacial score (nSPS) is 15.9. The van der Waals surface area contributed by atoms with Crippen LogP contribution in [0.3, 0.4) is 0 Å². The molecule has 3 heterocycles. The number of nitrogens with zero attached hydrogens (tertiary/aromatic N) is 2. The lowest BCUT2D eigenvalue weighted by Crippen LogP contribution is -2.49. The maximum absolute atomic E-state index is 15.5. The average molecular weight is 436 g/mol. The van der Waals surface area contributed by atoms with Crippen LogP contribution in [0.4, 0.5) is 15.8 Å². The molecule has 0 radical (unpaired) electrons. The van der Waals surface area contributed by atoms with Crippen LogP contribution in [0.15, 0.2) is 35.4 Å². The monoisotopic (exact) mass is 436 g/mol. The summed E-state index contributed by atoms with van der Waals surface area (Å²) in [5, 5.41) is 3.16. The van der Waals surface area contributed by atoms with Crippen LogP contribution < -0.4 is 21.2 Å². The van der Waals surface area contributed by atoms with Crippen molar-refractivity contribution in [2.75, 3.05) is 17.6 Å². The number of pyridine rings is 2. The van der Waals surface area contributed by atoms with Crippen molar-refractivity contribution in [3.63, 3.8) is 0 Å². The fourth-order valence-corrected chi connectivity index (χ4v) is 4.67. The molecule has 0 unspecified atom stereocenters. The van der Waals surface area contributed by atoms with Gasteiger partial charge in [-0.2, -0.15) is 0 Å². The van der Waals surface area contributed by atoms with Crippen LogP contribution in [-0.4, -0.2) is 27.5 Å². The first-order valence-corrected chi connectivity index (χ1v) is 10.9. The van der Waals surface area contributed by atoms with Crippen LogP contribution in [0, 0.1) is 5.82 Å². The van der Waals surface area contributed by atoms with E-state index < -0.39 is 16.8 Å². The van der Waals surface area contributed by atoms with Crippen molar-refractivity contribution < 1.29 is 13.9 Å². The van der Waals surface area contributed by atoms with Crippen molar-refractivity contribution >= 4 is 28.1 Å². The van der Waals surface area contributed by atoms with Gasteiger partial charge in [-0.3, -0.25) is 14.6 Å². The summed E-state index contributed by atoms with van der Waals surface area (Å²) >= 11 is 0. The Kier molecular flexibility index (Phi) is 4.87. The Morgan fingerprint density at radius 1 is 1.38 bits per heavy atom.